The first-order valence-electron chi connectivity index (χ1n) is 7.40. The van der Waals surface area contributed by atoms with E-state index in [1.807, 2.05) is 0 Å². The van der Waals surface area contributed by atoms with Gasteiger partial charge in [-0.2, -0.15) is 0 Å². The normalized spacial score (nSPS) is 18.1. The van der Waals surface area contributed by atoms with Crippen LogP contribution in [0.2, 0.25) is 0 Å². The Labute approximate surface area is 117 Å². The molecule has 0 saturated carbocycles. The summed E-state index contributed by atoms with van der Waals surface area (Å²) in [6.45, 7) is 7.60. The predicted molar refractivity (Wildman–Crippen MR) is 81.3 cm³/mol. The zero-order valence-electron chi connectivity index (χ0n) is 12.3. The second-order valence-electron chi connectivity index (χ2n) is 5.69. The van der Waals surface area contributed by atoms with E-state index in [9.17, 15) is 0 Å². The first-order valence-corrected chi connectivity index (χ1v) is 7.40. The van der Waals surface area contributed by atoms with Crippen LogP contribution in [-0.4, -0.2) is 49.6 Å². The highest BCUT2D eigenvalue weighted by Gasteiger charge is 2.17. The van der Waals surface area contributed by atoms with Gasteiger partial charge in [0.05, 0.1) is 0 Å². The molecule has 1 aliphatic heterocycles. The summed E-state index contributed by atoms with van der Waals surface area (Å²) in [4.78, 5) is 4.95. The van der Waals surface area contributed by atoms with E-state index in [2.05, 4.69) is 48.0 Å². The van der Waals surface area contributed by atoms with E-state index in [0.29, 0.717) is 12.6 Å². The standard InChI is InChI=1S/C16H27N3/c1-14-5-7-15(8-6-14)16(13-17)18(2)11-12-19-9-3-4-10-19/h5-8,16H,3-4,9-13,17H2,1-2H3. The van der Waals surface area contributed by atoms with E-state index in [-0.39, 0.29) is 0 Å². The van der Waals surface area contributed by atoms with Crippen LogP contribution in [0.25, 0.3) is 0 Å². The molecule has 1 saturated heterocycles. The van der Waals surface area contributed by atoms with Crippen LogP contribution in [0.5, 0.6) is 0 Å². The van der Waals surface area contributed by atoms with E-state index >= 15 is 0 Å². The van der Waals surface area contributed by atoms with Gasteiger partial charge in [0.1, 0.15) is 0 Å². The van der Waals surface area contributed by atoms with Crippen LogP contribution in [0.4, 0.5) is 0 Å². The van der Waals surface area contributed by atoms with Crippen molar-refractivity contribution in [1.29, 1.82) is 0 Å². The van der Waals surface area contributed by atoms with Gasteiger partial charge in [-0.15, -0.1) is 0 Å². The molecule has 0 aliphatic carbocycles. The quantitative estimate of drug-likeness (QED) is 0.850. The van der Waals surface area contributed by atoms with Crippen LogP contribution in [0.3, 0.4) is 0 Å². The molecule has 2 N–H and O–H groups in total. The Hall–Kier alpha value is -0.900. The molecular weight excluding hydrogens is 234 g/mol. The van der Waals surface area contributed by atoms with Crippen molar-refractivity contribution < 1.29 is 0 Å². The monoisotopic (exact) mass is 261 g/mol. The number of likely N-dealkylation sites (tertiary alicyclic amines) is 1. The van der Waals surface area contributed by atoms with Crippen molar-refractivity contribution in [2.45, 2.75) is 25.8 Å². The lowest BCUT2D eigenvalue weighted by Crippen LogP contribution is -2.36. The van der Waals surface area contributed by atoms with Crippen molar-refractivity contribution in [2.24, 2.45) is 5.73 Å². The minimum atomic E-state index is 0.336. The molecule has 1 aromatic carbocycles. The van der Waals surface area contributed by atoms with E-state index in [0.717, 1.165) is 6.54 Å². The summed E-state index contributed by atoms with van der Waals surface area (Å²) in [5.74, 6) is 0. The molecule has 0 amide bonds. The highest BCUT2D eigenvalue weighted by Crippen LogP contribution is 2.19. The van der Waals surface area contributed by atoms with Crippen LogP contribution >= 0.6 is 0 Å². The van der Waals surface area contributed by atoms with Crippen LogP contribution in [0.1, 0.15) is 30.0 Å². The molecule has 1 heterocycles. The molecule has 0 aromatic heterocycles. The Bertz CT molecular complexity index is 368. The Balaban J connectivity index is 1.90. The molecule has 3 nitrogen and oxygen atoms in total. The fourth-order valence-corrected chi connectivity index (χ4v) is 2.82. The lowest BCUT2D eigenvalue weighted by molar-refractivity contribution is 0.209. The molecule has 0 radical (unpaired) electrons. The Morgan fingerprint density at radius 2 is 1.84 bits per heavy atom. The van der Waals surface area contributed by atoms with E-state index in [1.165, 1.54) is 43.6 Å². The van der Waals surface area contributed by atoms with Crippen LogP contribution < -0.4 is 5.73 Å². The smallest absolute Gasteiger partial charge is 0.0467 e. The Morgan fingerprint density at radius 1 is 1.21 bits per heavy atom. The topological polar surface area (TPSA) is 32.5 Å². The summed E-state index contributed by atoms with van der Waals surface area (Å²) in [5, 5.41) is 0. The molecule has 1 atom stereocenters. The van der Waals surface area contributed by atoms with Gasteiger partial charge in [-0.25, -0.2) is 0 Å². The van der Waals surface area contributed by atoms with Gasteiger partial charge < -0.3 is 10.6 Å². The lowest BCUT2D eigenvalue weighted by Gasteiger charge is -2.29. The third-order valence-electron chi connectivity index (χ3n) is 4.19. The van der Waals surface area contributed by atoms with Crippen molar-refractivity contribution >= 4 is 0 Å². The van der Waals surface area contributed by atoms with Gasteiger partial charge in [-0.1, -0.05) is 29.8 Å². The number of nitrogens with two attached hydrogens (primary N) is 1. The van der Waals surface area contributed by atoms with E-state index in [4.69, 9.17) is 5.73 Å². The molecule has 0 spiro atoms. The molecule has 0 bridgehead atoms. The summed E-state index contributed by atoms with van der Waals surface area (Å²) in [6, 6.07) is 9.10. The maximum atomic E-state index is 5.97. The number of hydrogen-bond acceptors (Lipinski definition) is 3. The fourth-order valence-electron chi connectivity index (χ4n) is 2.82. The van der Waals surface area contributed by atoms with E-state index in [1.54, 1.807) is 0 Å². The first kappa shape index (κ1) is 14.5. The molecule has 1 unspecified atom stereocenters. The largest absolute Gasteiger partial charge is 0.329 e. The van der Waals surface area contributed by atoms with Crippen molar-refractivity contribution in [3.63, 3.8) is 0 Å². The van der Waals surface area contributed by atoms with Crippen LogP contribution in [-0.2, 0) is 0 Å². The molecule has 2 rings (SSSR count). The number of likely N-dealkylation sites (N-methyl/N-ethyl adjacent to an activating group) is 1. The third-order valence-corrected chi connectivity index (χ3v) is 4.19. The minimum absolute atomic E-state index is 0.336. The van der Waals surface area contributed by atoms with Crippen molar-refractivity contribution in [3.05, 3.63) is 35.4 Å². The molecule has 106 valence electrons. The Morgan fingerprint density at radius 3 is 2.42 bits per heavy atom. The van der Waals surface area contributed by atoms with Crippen molar-refractivity contribution in [3.8, 4) is 0 Å². The van der Waals surface area contributed by atoms with Crippen LogP contribution in [0, 0.1) is 6.92 Å². The summed E-state index contributed by atoms with van der Waals surface area (Å²) >= 11 is 0. The van der Waals surface area contributed by atoms with Gasteiger partial charge >= 0.3 is 0 Å². The zero-order valence-corrected chi connectivity index (χ0v) is 12.3. The number of nitrogens with zero attached hydrogens (tertiary/aromatic N) is 2. The summed E-state index contributed by atoms with van der Waals surface area (Å²) < 4.78 is 0. The maximum Gasteiger partial charge on any atom is 0.0467 e. The number of benzene rings is 1. The van der Waals surface area contributed by atoms with Crippen LogP contribution in [0.15, 0.2) is 24.3 Å². The fraction of sp³-hybridized carbons (Fsp3) is 0.625. The third kappa shape index (κ3) is 4.03. The van der Waals surface area contributed by atoms with Gasteiger partial charge in [0.15, 0.2) is 0 Å². The van der Waals surface area contributed by atoms with Gasteiger partial charge in [0, 0.05) is 25.7 Å². The maximum absolute atomic E-state index is 5.97. The number of aryl methyl sites for hydroxylation is 1. The number of rotatable bonds is 6. The highest BCUT2D eigenvalue weighted by atomic mass is 15.2. The number of hydrogen-bond donors (Lipinski definition) is 1. The summed E-state index contributed by atoms with van der Waals surface area (Å²) in [6.07, 6.45) is 2.73. The van der Waals surface area contributed by atoms with Crippen molar-refractivity contribution in [1.82, 2.24) is 9.80 Å². The van der Waals surface area contributed by atoms with Gasteiger partial charge in [0.25, 0.3) is 0 Å². The second kappa shape index (κ2) is 7.04. The SMILES string of the molecule is Cc1ccc(C(CN)N(C)CCN2CCCC2)cc1. The molecule has 19 heavy (non-hydrogen) atoms. The molecule has 1 aromatic rings. The highest BCUT2D eigenvalue weighted by molar-refractivity contribution is 5.24. The molecular formula is C16H27N3. The van der Waals surface area contributed by atoms with Gasteiger partial charge in [0.2, 0.25) is 0 Å². The lowest BCUT2D eigenvalue weighted by atomic mass is 10.0. The minimum Gasteiger partial charge on any atom is -0.329 e. The zero-order chi connectivity index (χ0) is 13.7. The van der Waals surface area contributed by atoms with Gasteiger partial charge in [-0.3, -0.25) is 4.90 Å². The average Bonchev–Trinajstić information content (AvgIpc) is 2.92. The van der Waals surface area contributed by atoms with E-state index < -0.39 is 0 Å². The van der Waals surface area contributed by atoms with Crippen molar-refractivity contribution in [2.75, 3.05) is 39.8 Å². The molecule has 3 heteroatoms. The summed E-state index contributed by atoms with van der Waals surface area (Å²) in [5.41, 5.74) is 8.61. The molecule has 1 fully saturated rings. The van der Waals surface area contributed by atoms with Gasteiger partial charge in [-0.05, 0) is 45.5 Å². The summed E-state index contributed by atoms with van der Waals surface area (Å²) in [7, 11) is 2.19. The average molecular weight is 261 g/mol. The first-order chi connectivity index (χ1) is 9.20. The molecule has 1 aliphatic rings. The second-order valence-corrected chi connectivity index (χ2v) is 5.69. The predicted octanol–water partition coefficient (Wildman–Crippen LogP) is 2.02. The Kier molecular flexibility index (Phi) is 5.37.